The van der Waals surface area contributed by atoms with Crippen molar-refractivity contribution in [3.63, 3.8) is 0 Å². The van der Waals surface area contributed by atoms with Gasteiger partial charge in [0.05, 0.1) is 0 Å². The smallest absolute Gasteiger partial charge is 0.0411 e. The largest absolute Gasteiger partial charge is 0.368 e. The van der Waals surface area contributed by atoms with Crippen molar-refractivity contribution in [2.45, 2.75) is 39.2 Å². The van der Waals surface area contributed by atoms with E-state index in [1.807, 2.05) is 0 Å². The summed E-state index contributed by atoms with van der Waals surface area (Å²) in [6.45, 7) is 8.06. The molecule has 1 aliphatic rings. The van der Waals surface area contributed by atoms with Gasteiger partial charge in [0.2, 0.25) is 0 Å². The molecule has 1 heteroatoms. The van der Waals surface area contributed by atoms with Gasteiger partial charge in [0, 0.05) is 24.2 Å². The summed E-state index contributed by atoms with van der Waals surface area (Å²) in [6.07, 6.45) is 1.23. The summed E-state index contributed by atoms with van der Waals surface area (Å²) in [6, 6.07) is 14.0. The van der Waals surface area contributed by atoms with Crippen molar-refractivity contribution in [3.05, 3.63) is 42.0 Å². The van der Waals surface area contributed by atoms with Crippen LogP contribution in [0.1, 0.15) is 38.7 Å². The summed E-state index contributed by atoms with van der Waals surface area (Å²) in [7, 11) is 0. The first-order valence-electron chi connectivity index (χ1n) is 7.00. The number of hydrogen-bond donors (Lipinski definition) is 0. The fraction of sp³-hybridized carbons (Fsp3) is 0.412. The minimum atomic E-state index is 0.585. The highest BCUT2D eigenvalue weighted by Crippen LogP contribution is 2.43. The summed E-state index contributed by atoms with van der Waals surface area (Å²) < 4.78 is 0. The van der Waals surface area contributed by atoms with Crippen LogP contribution in [0.25, 0.3) is 10.8 Å². The van der Waals surface area contributed by atoms with Crippen molar-refractivity contribution in [1.29, 1.82) is 0 Å². The predicted octanol–water partition coefficient (Wildman–Crippen LogP) is 4.56. The summed E-state index contributed by atoms with van der Waals surface area (Å²) >= 11 is 0. The first-order valence-corrected chi connectivity index (χ1v) is 7.00. The van der Waals surface area contributed by atoms with E-state index in [-0.39, 0.29) is 0 Å². The zero-order chi connectivity index (χ0) is 12.7. The Labute approximate surface area is 109 Å². The summed E-state index contributed by atoms with van der Waals surface area (Å²) in [4.78, 5) is 2.55. The van der Waals surface area contributed by atoms with Crippen molar-refractivity contribution in [2.24, 2.45) is 0 Å². The number of fused-ring (bicyclic) bond motifs is 3. The van der Waals surface area contributed by atoms with Gasteiger partial charge in [-0.15, -0.1) is 0 Å². The lowest BCUT2D eigenvalue weighted by atomic mass is 9.93. The second kappa shape index (κ2) is 4.31. The van der Waals surface area contributed by atoms with Crippen LogP contribution in [0, 0.1) is 0 Å². The van der Waals surface area contributed by atoms with Crippen molar-refractivity contribution >= 4 is 16.5 Å². The van der Waals surface area contributed by atoms with E-state index in [0.717, 1.165) is 0 Å². The fourth-order valence-electron chi connectivity index (χ4n) is 3.21. The Morgan fingerprint density at radius 1 is 1.17 bits per heavy atom. The fourth-order valence-corrected chi connectivity index (χ4v) is 3.21. The molecule has 1 atom stereocenters. The molecule has 0 aliphatic carbocycles. The highest BCUT2D eigenvalue weighted by molar-refractivity contribution is 5.92. The molecule has 3 rings (SSSR count). The van der Waals surface area contributed by atoms with Crippen LogP contribution in [-0.4, -0.2) is 12.6 Å². The van der Waals surface area contributed by atoms with Crippen molar-refractivity contribution in [1.82, 2.24) is 0 Å². The second-order valence-corrected chi connectivity index (χ2v) is 5.57. The number of anilines is 1. The van der Waals surface area contributed by atoms with Gasteiger partial charge in [-0.2, -0.15) is 0 Å². The molecular formula is C17H21N. The number of nitrogens with zero attached hydrogens (tertiary/aromatic N) is 1. The molecule has 2 aromatic rings. The van der Waals surface area contributed by atoms with Crippen LogP contribution in [0.15, 0.2) is 36.4 Å². The Kier molecular flexibility index (Phi) is 2.77. The Bertz CT molecular complexity index is 571. The van der Waals surface area contributed by atoms with Gasteiger partial charge < -0.3 is 4.90 Å². The van der Waals surface area contributed by atoms with E-state index >= 15 is 0 Å². The van der Waals surface area contributed by atoms with Gasteiger partial charge in [-0.3, -0.25) is 0 Å². The first kappa shape index (κ1) is 11.6. The van der Waals surface area contributed by atoms with Gasteiger partial charge in [-0.25, -0.2) is 0 Å². The molecule has 0 saturated heterocycles. The van der Waals surface area contributed by atoms with Crippen LogP contribution >= 0.6 is 0 Å². The highest BCUT2D eigenvalue weighted by atomic mass is 15.2. The van der Waals surface area contributed by atoms with Crippen LogP contribution in [-0.2, 0) is 0 Å². The molecular weight excluding hydrogens is 218 g/mol. The van der Waals surface area contributed by atoms with E-state index in [9.17, 15) is 0 Å². The van der Waals surface area contributed by atoms with Crippen LogP contribution in [0.3, 0.4) is 0 Å². The van der Waals surface area contributed by atoms with E-state index in [1.54, 1.807) is 5.56 Å². The van der Waals surface area contributed by atoms with Crippen molar-refractivity contribution in [3.8, 4) is 0 Å². The average Bonchev–Trinajstić information content (AvgIpc) is 2.78. The molecule has 18 heavy (non-hydrogen) atoms. The molecule has 0 fully saturated rings. The van der Waals surface area contributed by atoms with Crippen LogP contribution < -0.4 is 4.90 Å². The molecule has 0 N–H and O–H groups in total. The molecule has 1 nitrogen and oxygen atoms in total. The topological polar surface area (TPSA) is 3.24 Å². The number of benzene rings is 2. The van der Waals surface area contributed by atoms with Gasteiger partial charge in [-0.05, 0) is 42.7 Å². The van der Waals surface area contributed by atoms with E-state index in [4.69, 9.17) is 0 Å². The maximum Gasteiger partial charge on any atom is 0.0411 e. The number of rotatable bonds is 2. The van der Waals surface area contributed by atoms with Crippen LogP contribution in [0.4, 0.5) is 5.69 Å². The third-order valence-electron chi connectivity index (χ3n) is 4.20. The van der Waals surface area contributed by atoms with E-state index in [1.165, 1.54) is 29.4 Å². The molecule has 1 unspecified atom stereocenters. The summed E-state index contributed by atoms with van der Waals surface area (Å²) in [5.74, 6) is 0.688. The molecule has 0 spiro atoms. The lowest BCUT2D eigenvalue weighted by Gasteiger charge is -2.24. The molecule has 1 aliphatic heterocycles. The van der Waals surface area contributed by atoms with Gasteiger partial charge >= 0.3 is 0 Å². The molecule has 94 valence electrons. The van der Waals surface area contributed by atoms with Gasteiger partial charge in [0.15, 0.2) is 0 Å². The van der Waals surface area contributed by atoms with Crippen molar-refractivity contribution in [2.75, 3.05) is 11.4 Å². The maximum absolute atomic E-state index is 2.55. The Morgan fingerprint density at radius 2 is 1.94 bits per heavy atom. The monoisotopic (exact) mass is 239 g/mol. The molecule has 0 radical (unpaired) electrons. The Hall–Kier alpha value is -1.50. The van der Waals surface area contributed by atoms with E-state index in [2.05, 4.69) is 62.1 Å². The number of hydrogen-bond acceptors (Lipinski definition) is 1. The molecule has 0 aromatic heterocycles. The quantitative estimate of drug-likeness (QED) is 0.742. The standard InChI is InChI=1S/C17H21N/c1-4-13-11-18(12(2)3)16-10-9-14-7-5-6-8-15(14)17(13)16/h5-10,12-13H,4,11H2,1-3H3. The average molecular weight is 239 g/mol. The third-order valence-corrected chi connectivity index (χ3v) is 4.20. The second-order valence-electron chi connectivity index (χ2n) is 5.57. The zero-order valence-corrected chi connectivity index (χ0v) is 11.5. The van der Waals surface area contributed by atoms with Gasteiger partial charge in [0.25, 0.3) is 0 Å². The van der Waals surface area contributed by atoms with Crippen molar-refractivity contribution < 1.29 is 0 Å². The lowest BCUT2D eigenvalue weighted by Crippen LogP contribution is -2.29. The SMILES string of the molecule is CCC1CN(C(C)C)c2ccc3ccccc3c21. The summed E-state index contributed by atoms with van der Waals surface area (Å²) in [5.41, 5.74) is 3.03. The van der Waals surface area contributed by atoms with Gasteiger partial charge in [-0.1, -0.05) is 37.3 Å². The Balaban J connectivity index is 2.25. The predicted molar refractivity (Wildman–Crippen MR) is 79.5 cm³/mol. The zero-order valence-electron chi connectivity index (χ0n) is 11.5. The van der Waals surface area contributed by atoms with Crippen LogP contribution in [0.2, 0.25) is 0 Å². The lowest BCUT2D eigenvalue weighted by molar-refractivity contribution is 0.631. The molecule has 2 aromatic carbocycles. The molecule has 0 saturated carbocycles. The maximum atomic E-state index is 2.55. The normalized spacial score (nSPS) is 18.7. The van der Waals surface area contributed by atoms with E-state index in [0.29, 0.717) is 12.0 Å². The molecule has 0 bridgehead atoms. The van der Waals surface area contributed by atoms with E-state index < -0.39 is 0 Å². The Morgan fingerprint density at radius 3 is 2.67 bits per heavy atom. The molecule has 1 heterocycles. The molecule has 0 amide bonds. The first-order chi connectivity index (χ1) is 8.72. The van der Waals surface area contributed by atoms with Gasteiger partial charge in [0.1, 0.15) is 0 Å². The van der Waals surface area contributed by atoms with Crippen LogP contribution in [0.5, 0.6) is 0 Å². The minimum Gasteiger partial charge on any atom is -0.368 e. The summed E-state index contributed by atoms with van der Waals surface area (Å²) in [5, 5.41) is 2.82. The highest BCUT2D eigenvalue weighted by Gasteiger charge is 2.30. The minimum absolute atomic E-state index is 0.585. The third kappa shape index (κ3) is 1.61.